The Kier molecular flexibility index (Phi) is 2.62. The highest BCUT2D eigenvalue weighted by atomic mass is 35.5. The minimum absolute atomic E-state index is 0.0377. The number of benzene rings is 1. The van der Waals surface area contributed by atoms with Gasteiger partial charge in [-0.1, -0.05) is 29.8 Å². The van der Waals surface area contributed by atoms with Gasteiger partial charge in [0.15, 0.2) is 0 Å². The number of rotatable bonds is 1. The molecule has 1 saturated carbocycles. The number of nitrogens with zero attached hydrogens (tertiary/aromatic N) is 1. The summed E-state index contributed by atoms with van der Waals surface area (Å²) in [5, 5.41) is 0.585. The Bertz CT molecular complexity index is 696. The van der Waals surface area contributed by atoms with E-state index in [9.17, 15) is 9.59 Å². The quantitative estimate of drug-likeness (QED) is 0.588. The molecule has 3 unspecified atom stereocenters. The zero-order chi connectivity index (χ0) is 14.8. The molecule has 4 rings (SSSR count). The van der Waals surface area contributed by atoms with Gasteiger partial charge in [0.2, 0.25) is 11.8 Å². The molecule has 2 bridgehead atoms. The monoisotopic (exact) mass is 301 g/mol. The van der Waals surface area contributed by atoms with Crippen molar-refractivity contribution in [3.8, 4) is 0 Å². The maximum absolute atomic E-state index is 13.0. The SMILES string of the molecule is Cc1ccc(N2C(=O)CC3(CC4C=CC3C4)C2=O)cc1Cl. The van der Waals surface area contributed by atoms with Crippen molar-refractivity contribution in [1.29, 1.82) is 0 Å². The maximum Gasteiger partial charge on any atom is 0.241 e. The van der Waals surface area contributed by atoms with Gasteiger partial charge in [0.05, 0.1) is 11.1 Å². The zero-order valence-electron chi connectivity index (χ0n) is 11.8. The molecule has 2 amide bonds. The summed E-state index contributed by atoms with van der Waals surface area (Å²) in [6.07, 6.45) is 6.49. The van der Waals surface area contributed by atoms with Crippen LogP contribution in [0.25, 0.3) is 0 Å². The predicted molar refractivity (Wildman–Crippen MR) is 81.1 cm³/mol. The minimum atomic E-state index is -0.492. The molecular weight excluding hydrogens is 286 g/mol. The molecule has 1 heterocycles. The Morgan fingerprint density at radius 2 is 2.10 bits per heavy atom. The van der Waals surface area contributed by atoms with Crippen LogP contribution in [0.3, 0.4) is 0 Å². The van der Waals surface area contributed by atoms with E-state index in [1.807, 2.05) is 13.0 Å². The van der Waals surface area contributed by atoms with Gasteiger partial charge in [-0.2, -0.15) is 0 Å². The van der Waals surface area contributed by atoms with E-state index >= 15 is 0 Å². The predicted octanol–water partition coefficient (Wildman–Crippen LogP) is 3.49. The fourth-order valence-electron chi connectivity index (χ4n) is 4.15. The van der Waals surface area contributed by atoms with Gasteiger partial charge < -0.3 is 0 Å². The molecule has 3 nitrogen and oxygen atoms in total. The Labute approximate surface area is 128 Å². The van der Waals surface area contributed by atoms with E-state index in [1.54, 1.807) is 12.1 Å². The first kappa shape index (κ1) is 13.1. The Morgan fingerprint density at radius 3 is 2.71 bits per heavy atom. The third-order valence-corrected chi connectivity index (χ3v) is 5.67. The van der Waals surface area contributed by atoms with E-state index < -0.39 is 5.41 Å². The van der Waals surface area contributed by atoms with Crippen LogP contribution < -0.4 is 4.90 Å². The lowest BCUT2D eigenvalue weighted by atomic mass is 9.74. The molecule has 108 valence electrons. The molecule has 3 atom stereocenters. The highest BCUT2D eigenvalue weighted by Gasteiger charge is 2.60. The van der Waals surface area contributed by atoms with Crippen LogP contribution in [0.2, 0.25) is 5.02 Å². The van der Waals surface area contributed by atoms with Crippen LogP contribution in [0.4, 0.5) is 5.69 Å². The Morgan fingerprint density at radius 1 is 1.29 bits per heavy atom. The largest absolute Gasteiger partial charge is 0.274 e. The molecule has 1 aromatic carbocycles. The lowest BCUT2D eigenvalue weighted by molar-refractivity contribution is -0.126. The van der Waals surface area contributed by atoms with Crippen LogP contribution in [-0.4, -0.2) is 11.8 Å². The molecule has 0 radical (unpaired) electrons. The summed E-state index contributed by atoms with van der Waals surface area (Å²) in [5.74, 6) is 0.559. The number of hydrogen-bond donors (Lipinski definition) is 0. The van der Waals surface area contributed by atoms with Crippen LogP contribution in [0.15, 0.2) is 30.4 Å². The summed E-state index contributed by atoms with van der Waals surface area (Å²) < 4.78 is 0. The fraction of sp³-hybridized carbons (Fsp3) is 0.412. The van der Waals surface area contributed by atoms with E-state index in [0.29, 0.717) is 23.0 Å². The molecule has 1 spiro atoms. The number of hydrogen-bond acceptors (Lipinski definition) is 2. The lowest BCUT2D eigenvalue weighted by Crippen LogP contribution is -2.38. The molecule has 1 aromatic rings. The van der Waals surface area contributed by atoms with E-state index in [-0.39, 0.29) is 17.7 Å². The highest BCUT2D eigenvalue weighted by Crippen LogP contribution is 2.57. The smallest absolute Gasteiger partial charge is 0.241 e. The molecule has 0 aromatic heterocycles. The van der Waals surface area contributed by atoms with Crippen molar-refractivity contribution in [1.82, 2.24) is 0 Å². The Balaban J connectivity index is 1.74. The van der Waals surface area contributed by atoms with Crippen LogP contribution in [-0.2, 0) is 9.59 Å². The summed E-state index contributed by atoms with van der Waals surface area (Å²) in [5.41, 5.74) is 1.05. The number of carbonyl (C=O) groups is 2. The van der Waals surface area contributed by atoms with Crippen LogP contribution in [0.5, 0.6) is 0 Å². The molecular formula is C17H16ClNO2. The number of amides is 2. The molecule has 2 fully saturated rings. The normalized spacial score (nSPS) is 33.7. The number of aryl methyl sites for hydroxylation is 1. The van der Waals surface area contributed by atoms with E-state index in [1.165, 1.54) is 4.90 Å². The molecule has 21 heavy (non-hydrogen) atoms. The van der Waals surface area contributed by atoms with Gasteiger partial charge in [-0.3, -0.25) is 9.59 Å². The Hall–Kier alpha value is -1.61. The van der Waals surface area contributed by atoms with Crippen molar-refractivity contribution in [2.45, 2.75) is 26.2 Å². The van der Waals surface area contributed by atoms with E-state index in [0.717, 1.165) is 18.4 Å². The molecule has 1 saturated heterocycles. The number of fused-ring (bicyclic) bond motifs is 3. The first-order valence-electron chi connectivity index (χ1n) is 7.33. The minimum Gasteiger partial charge on any atom is -0.274 e. The van der Waals surface area contributed by atoms with E-state index in [4.69, 9.17) is 11.6 Å². The van der Waals surface area contributed by atoms with Gasteiger partial charge >= 0.3 is 0 Å². The molecule has 4 heteroatoms. The van der Waals surface area contributed by atoms with Gasteiger partial charge in [-0.05, 0) is 49.3 Å². The maximum atomic E-state index is 13.0. The topological polar surface area (TPSA) is 37.4 Å². The molecule has 1 aliphatic heterocycles. The van der Waals surface area contributed by atoms with Gasteiger partial charge in [0.25, 0.3) is 0 Å². The third kappa shape index (κ3) is 1.67. The van der Waals surface area contributed by atoms with Crippen molar-refractivity contribution in [3.05, 3.63) is 40.9 Å². The summed E-state index contributed by atoms with van der Waals surface area (Å²) in [6, 6.07) is 5.37. The highest BCUT2D eigenvalue weighted by molar-refractivity contribution is 6.32. The van der Waals surface area contributed by atoms with Crippen molar-refractivity contribution in [2.75, 3.05) is 4.90 Å². The van der Waals surface area contributed by atoms with Gasteiger partial charge in [0.1, 0.15) is 0 Å². The van der Waals surface area contributed by atoms with Crippen LogP contribution >= 0.6 is 11.6 Å². The number of carbonyl (C=O) groups excluding carboxylic acids is 2. The van der Waals surface area contributed by atoms with Crippen LogP contribution in [0, 0.1) is 24.2 Å². The summed E-state index contributed by atoms with van der Waals surface area (Å²) in [6.45, 7) is 1.90. The third-order valence-electron chi connectivity index (χ3n) is 5.27. The first-order valence-corrected chi connectivity index (χ1v) is 7.71. The van der Waals surface area contributed by atoms with Crippen molar-refractivity contribution < 1.29 is 9.59 Å². The molecule has 3 aliphatic rings. The second-order valence-corrected chi connectivity index (χ2v) is 6.90. The zero-order valence-corrected chi connectivity index (χ0v) is 12.6. The average Bonchev–Trinajstić information content (AvgIpc) is 3.09. The standard InChI is InChI=1S/C17H16ClNO2/c1-10-2-5-13(7-14(10)18)19-15(20)9-17(16(19)21)8-11-3-4-12(17)6-11/h2-5,7,11-12H,6,8-9H2,1H3. The number of allylic oxidation sites excluding steroid dienone is 2. The summed E-state index contributed by atoms with van der Waals surface area (Å²) in [4.78, 5) is 26.8. The molecule has 0 N–H and O–H groups in total. The van der Waals surface area contributed by atoms with E-state index in [2.05, 4.69) is 12.2 Å². The fourth-order valence-corrected chi connectivity index (χ4v) is 4.32. The second kappa shape index (κ2) is 4.20. The van der Waals surface area contributed by atoms with Crippen molar-refractivity contribution in [2.24, 2.45) is 17.3 Å². The van der Waals surface area contributed by atoms with Crippen molar-refractivity contribution in [3.63, 3.8) is 0 Å². The van der Waals surface area contributed by atoms with Crippen molar-refractivity contribution >= 4 is 29.1 Å². The number of anilines is 1. The first-order chi connectivity index (χ1) is 10.0. The van der Waals surface area contributed by atoms with Gasteiger partial charge in [-0.25, -0.2) is 4.90 Å². The molecule has 2 aliphatic carbocycles. The number of imide groups is 1. The van der Waals surface area contributed by atoms with Gasteiger partial charge in [0, 0.05) is 11.4 Å². The van der Waals surface area contributed by atoms with Gasteiger partial charge in [-0.15, -0.1) is 0 Å². The second-order valence-electron chi connectivity index (χ2n) is 6.49. The average molecular weight is 302 g/mol. The number of halogens is 1. The summed E-state index contributed by atoms with van der Waals surface area (Å²) in [7, 11) is 0. The lowest BCUT2D eigenvalue weighted by Gasteiger charge is -2.28. The van der Waals surface area contributed by atoms with Crippen LogP contribution in [0.1, 0.15) is 24.8 Å². The summed E-state index contributed by atoms with van der Waals surface area (Å²) >= 11 is 6.14.